The fourth-order valence-electron chi connectivity index (χ4n) is 4.52. The highest BCUT2D eigenvalue weighted by molar-refractivity contribution is 5.84. The van der Waals surface area contributed by atoms with Gasteiger partial charge in [-0.2, -0.15) is 0 Å². The molecule has 0 radical (unpaired) electrons. The van der Waals surface area contributed by atoms with E-state index in [0.717, 1.165) is 65.0 Å². The Morgan fingerprint density at radius 2 is 1.52 bits per heavy atom. The number of hydrogen-bond acceptors (Lipinski definition) is 6. The minimum atomic E-state index is -0.639. The molecule has 0 aromatic carbocycles. The monoisotopic (exact) mass is 409 g/mol. The first-order valence-corrected chi connectivity index (χ1v) is 11.3. The van der Waals surface area contributed by atoms with E-state index in [1.54, 1.807) is 0 Å². The summed E-state index contributed by atoms with van der Waals surface area (Å²) in [4.78, 5) is 33.1. The molecular formula is C21H39N5O3. The number of piperazine rings is 1. The molecule has 1 unspecified atom stereocenters. The van der Waals surface area contributed by atoms with E-state index in [0.29, 0.717) is 13.1 Å². The van der Waals surface area contributed by atoms with E-state index in [2.05, 4.69) is 15.5 Å². The highest BCUT2D eigenvalue weighted by Gasteiger charge is 2.43. The normalized spacial score (nSPS) is 23.5. The van der Waals surface area contributed by atoms with Crippen molar-refractivity contribution in [1.29, 1.82) is 0 Å². The lowest BCUT2D eigenvalue weighted by atomic mass is 10.0. The number of esters is 1. The molecule has 3 fully saturated rings. The topological polar surface area (TPSA) is 77.2 Å². The van der Waals surface area contributed by atoms with Crippen LogP contribution in [0.25, 0.3) is 0 Å². The van der Waals surface area contributed by atoms with Gasteiger partial charge in [0.1, 0.15) is 5.60 Å². The summed E-state index contributed by atoms with van der Waals surface area (Å²) in [5, 5.41) is 6.69. The van der Waals surface area contributed by atoms with Gasteiger partial charge >= 0.3 is 12.0 Å². The zero-order valence-corrected chi connectivity index (χ0v) is 18.4. The molecule has 3 heterocycles. The van der Waals surface area contributed by atoms with Crippen molar-refractivity contribution >= 4 is 12.0 Å². The summed E-state index contributed by atoms with van der Waals surface area (Å²) in [6.07, 6.45) is 4.38. The fourth-order valence-corrected chi connectivity index (χ4v) is 4.52. The molecule has 3 aliphatic heterocycles. The van der Waals surface area contributed by atoms with Gasteiger partial charge in [0.25, 0.3) is 0 Å². The van der Waals surface area contributed by atoms with Gasteiger partial charge in [0.2, 0.25) is 0 Å². The number of carbonyl (C=O) groups is 2. The number of rotatable bonds is 4. The van der Waals surface area contributed by atoms with E-state index in [1.165, 1.54) is 6.42 Å². The van der Waals surface area contributed by atoms with Crippen LogP contribution in [-0.2, 0) is 9.53 Å². The highest BCUT2D eigenvalue weighted by Crippen LogP contribution is 2.25. The summed E-state index contributed by atoms with van der Waals surface area (Å²) in [5.41, 5.74) is -0.580. The molecule has 3 rings (SSSR count). The second-order valence-corrected chi connectivity index (χ2v) is 9.41. The van der Waals surface area contributed by atoms with Crippen LogP contribution in [0.4, 0.5) is 4.79 Å². The molecule has 0 aromatic heterocycles. The number of ether oxygens (including phenoxy) is 1. The Kier molecular flexibility index (Phi) is 7.76. The lowest BCUT2D eigenvalue weighted by Gasteiger charge is -2.47. The maximum Gasteiger partial charge on any atom is 0.344 e. The van der Waals surface area contributed by atoms with Crippen molar-refractivity contribution in [3.8, 4) is 0 Å². The van der Waals surface area contributed by atoms with Crippen LogP contribution < -0.4 is 10.6 Å². The molecule has 29 heavy (non-hydrogen) atoms. The Labute approximate surface area is 175 Å². The van der Waals surface area contributed by atoms with Crippen LogP contribution >= 0.6 is 0 Å². The minimum absolute atomic E-state index is 0.0140. The van der Waals surface area contributed by atoms with Gasteiger partial charge in [-0.3, -0.25) is 9.80 Å². The second-order valence-electron chi connectivity index (χ2n) is 9.41. The molecule has 3 saturated heterocycles. The molecule has 3 aliphatic rings. The van der Waals surface area contributed by atoms with Crippen molar-refractivity contribution in [2.75, 3.05) is 52.4 Å². The van der Waals surface area contributed by atoms with Gasteiger partial charge in [-0.25, -0.2) is 9.59 Å². The summed E-state index contributed by atoms with van der Waals surface area (Å²) in [6.45, 7) is 12.1. The van der Waals surface area contributed by atoms with Crippen LogP contribution in [-0.4, -0.2) is 96.9 Å². The lowest BCUT2D eigenvalue weighted by Crippen LogP contribution is -2.65. The minimum Gasteiger partial charge on any atom is -0.457 e. The SMILES string of the molecule is CC(C)(C)OC(=O)C(N1CCCCC1)N(C(=O)N1CCNCC1)C1CCNCC1. The van der Waals surface area contributed by atoms with E-state index in [9.17, 15) is 9.59 Å². The Hall–Kier alpha value is -1.38. The van der Waals surface area contributed by atoms with E-state index in [-0.39, 0.29) is 18.0 Å². The van der Waals surface area contributed by atoms with Crippen molar-refractivity contribution in [3.63, 3.8) is 0 Å². The molecule has 8 nitrogen and oxygen atoms in total. The van der Waals surface area contributed by atoms with Crippen molar-refractivity contribution in [2.24, 2.45) is 0 Å². The molecule has 0 saturated carbocycles. The fraction of sp³-hybridized carbons (Fsp3) is 0.905. The quantitative estimate of drug-likeness (QED) is 0.680. The number of piperidine rings is 2. The van der Waals surface area contributed by atoms with Gasteiger partial charge in [-0.1, -0.05) is 6.42 Å². The predicted octanol–water partition coefficient (Wildman–Crippen LogP) is 1.22. The molecule has 0 aromatic rings. The molecule has 1 atom stereocenters. The van der Waals surface area contributed by atoms with Crippen molar-refractivity contribution in [1.82, 2.24) is 25.3 Å². The van der Waals surface area contributed by atoms with Gasteiger partial charge in [-0.05, 0) is 59.5 Å². The zero-order valence-electron chi connectivity index (χ0n) is 18.4. The zero-order chi connectivity index (χ0) is 20.9. The molecule has 166 valence electrons. The summed E-state index contributed by atoms with van der Waals surface area (Å²) in [7, 11) is 0. The Morgan fingerprint density at radius 1 is 0.931 bits per heavy atom. The average molecular weight is 410 g/mol. The van der Waals surface area contributed by atoms with E-state index in [1.807, 2.05) is 30.6 Å². The third kappa shape index (κ3) is 6.06. The van der Waals surface area contributed by atoms with Gasteiger partial charge in [0.05, 0.1) is 0 Å². The first-order chi connectivity index (χ1) is 13.9. The van der Waals surface area contributed by atoms with Crippen molar-refractivity contribution < 1.29 is 14.3 Å². The van der Waals surface area contributed by atoms with Gasteiger partial charge < -0.3 is 20.3 Å². The number of amides is 2. The molecular weight excluding hydrogens is 370 g/mol. The average Bonchev–Trinajstić information content (AvgIpc) is 2.72. The number of nitrogens with one attached hydrogen (secondary N) is 2. The predicted molar refractivity (Wildman–Crippen MR) is 113 cm³/mol. The van der Waals surface area contributed by atoms with Crippen molar-refractivity contribution in [3.05, 3.63) is 0 Å². The second kappa shape index (κ2) is 10.1. The van der Waals surface area contributed by atoms with E-state index in [4.69, 9.17) is 4.74 Å². The van der Waals surface area contributed by atoms with Crippen molar-refractivity contribution in [2.45, 2.75) is 70.7 Å². The Bertz CT molecular complexity index is 547. The highest BCUT2D eigenvalue weighted by atomic mass is 16.6. The molecule has 2 N–H and O–H groups in total. The molecule has 0 spiro atoms. The standard InChI is InChI=1S/C21H39N5O3/c1-21(2,3)29-19(27)18(24-13-5-4-6-14-24)26(17-7-9-22-10-8-17)20(28)25-15-11-23-12-16-25/h17-18,22-23H,4-16H2,1-3H3. The van der Waals surface area contributed by atoms with Gasteiger partial charge in [0, 0.05) is 45.3 Å². The first kappa shape index (κ1) is 22.3. The van der Waals surface area contributed by atoms with Gasteiger partial charge in [-0.15, -0.1) is 0 Å². The number of carbonyl (C=O) groups excluding carboxylic acids is 2. The summed E-state index contributed by atoms with van der Waals surface area (Å²) >= 11 is 0. The van der Waals surface area contributed by atoms with Gasteiger partial charge in [0.15, 0.2) is 6.17 Å². The largest absolute Gasteiger partial charge is 0.457 e. The third-order valence-electron chi connectivity index (χ3n) is 5.93. The molecule has 2 amide bonds. The maximum absolute atomic E-state index is 13.7. The smallest absolute Gasteiger partial charge is 0.344 e. The van der Waals surface area contributed by atoms with Crippen LogP contribution in [0, 0.1) is 0 Å². The maximum atomic E-state index is 13.7. The van der Waals surface area contributed by atoms with Crippen LogP contribution in [0.1, 0.15) is 52.9 Å². The number of urea groups is 1. The number of nitrogens with zero attached hydrogens (tertiary/aromatic N) is 3. The summed E-state index contributed by atoms with van der Waals surface area (Å²) in [5.74, 6) is -0.290. The lowest BCUT2D eigenvalue weighted by molar-refractivity contribution is -0.170. The molecule has 8 heteroatoms. The first-order valence-electron chi connectivity index (χ1n) is 11.3. The number of likely N-dealkylation sites (tertiary alicyclic amines) is 1. The summed E-state index contributed by atoms with van der Waals surface area (Å²) < 4.78 is 5.84. The van der Waals surface area contributed by atoms with Crippen LogP contribution in [0.3, 0.4) is 0 Å². The van der Waals surface area contributed by atoms with Crippen LogP contribution in [0.15, 0.2) is 0 Å². The van der Waals surface area contributed by atoms with Crippen LogP contribution in [0.2, 0.25) is 0 Å². The van der Waals surface area contributed by atoms with Crippen LogP contribution in [0.5, 0.6) is 0 Å². The molecule has 0 aliphatic carbocycles. The van der Waals surface area contributed by atoms with E-state index < -0.39 is 11.8 Å². The Balaban J connectivity index is 1.90. The third-order valence-corrected chi connectivity index (χ3v) is 5.93. The van der Waals surface area contributed by atoms with E-state index >= 15 is 0 Å². The number of hydrogen-bond donors (Lipinski definition) is 2. The molecule has 0 bridgehead atoms. The summed E-state index contributed by atoms with van der Waals surface area (Å²) in [6, 6.07) is 0.0397. The Morgan fingerprint density at radius 3 is 2.10 bits per heavy atom.